The first-order chi connectivity index (χ1) is 13.7. The Kier molecular flexibility index (Phi) is 12.7. The van der Waals surface area contributed by atoms with E-state index in [2.05, 4.69) is 19.2 Å². The lowest BCUT2D eigenvalue weighted by atomic mass is 10.00. The molecule has 2 atom stereocenters. The second-order valence-electron chi connectivity index (χ2n) is 8.34. The fourth-order valence-corrected chi connectivity index (χ4v) is 4.76. The van der Waals surface area contributed by atoms with E-state index in [0.29, 0.717) is 17.4 Å². The summed E-state index contributed by atoms with van der Waals surface area (Å²) >= 11 is 0. The number of ether oxygens (including phenoxy) is 1. The van der Waals surface area contributed by atoms with E-state index in [9.17, 15) is 14.4 Å². The van der Waals surface area contributed by atoms with Gasteiger partial charge in [0, 0.05) is 22.6 Å². The maximum atomic E-state index is 12.7. The lowest BCUT2D eigenvalue weighted by molar-refractivity contribution is -0.138. The fourth-order valence-electron chi connectivity index (χ4n) is 2.47. The highest BCUT2D eigenvalue weighted by Gasteiger charge is 2.34. The van der Waals surface area contributed by atoms with Crippen molar-refractivity contribution in [2.75, 3.05) is 20.2 Å². The van der Waals surface area contributed by atoms with Gasteiger partial charge in [-0.25, -0.2) is 4.79 Å². The number of nitrogens with one attached hydrogen (secondary N) is 1. The average molecular weight is 462 g/mol. The van der Waals surface area contributed by atoms with Gasteiger partial charge in [-0.1, -0.05) is 55.4 Å². The minimum atomic E-state index is -0.751. The third kappa shape index (κ3) is 9.75. The number of likely N-dealkylation sites (N-methyl/N-ethyl adjacent to an activating group) is 1. The normalized spacial score (nSPS) is 14.5. The van der Waals surface area contributed by atoms with Gasteiger partial charge in [-0.3, -0.25) is 9.59 Å². The topological polar surface area (TPSA) is 102 Å². The van der Waals surface area contributed by atoms with E-state index in [-0.39, 0.29) is 30.3 Å². The Morgan fingerprint density at radius 2 is 1.77 bits per heavy atom. The molecule has 0 heterocycles. The summed E-state index contributed by atoms with van der Waals surface area (Å²) in [6.45, 7) is 15.5. The highest BCUT2D eigenvalue weighted by Crippen LogP contribution is 2.39. The fraction of sp³-hybridized carbons (Fsp3) is 0.762. The summed E-state index contributed by atoms with van der Waals surface area (Å²) in [5.74, 6) is -0.950. The smallest absolute Gasteiger partial charge is 0.333 e. The van der Waals surface area contributed by atoms with Crippen LogP contribution in [0.25, 0.3) is 0 Å². The summed E-state index contributed by atoms with van der Waals surface area (Å²) in [7, 11) is 4.90. The number of rotatable bonds is 12. The first-order valence-corrected chi connectivity index (χ1v) is 12.4. The highest BCUT2D eigenvalue weighted by atomic mass is 33.1. The first kappa shape index (κ1) is 28.8. The molecule has 7 nitrogen and oxygen atoms in total. The molecule has 0 aliphatic heterocycles. The predicted octanol–water partition coefficient (Wildman–Crippen LogP) is 2.99. The molecule has 0 saturated carbocycles. The minimum absolute atomic E-state index is 0.0738. The van der Waals surface area contributed by atoms with Gasteiger partial charge in [0.25, 0.3) is 0 Å². The van der Waals surface area contributed by atoms with Gasteiger partial charge in [-0.05, 0) is 33.6 Å². The molecule has 0 aromatic carbocycles. The average Bonchev–Trinajstić information content (AvgIpc) is 2.66. The zero-order chi connectivity index (χ0) is 23.6. The molecule has 0 rings (SSSR count). The molecule has 0 aromatic heterocycles. The monoisotopic (exact) mass is 461 g/mol. The van der Waals surface area contributed by atoms with E-state index in [1.54, 1.807) is 48.6 Å². The van der Waals surface area contributed by atoms with Crippen molar-refractivity contribution in [2.45, 2.75) is 77.5 Å². The Morgan fingerprint density at radius 3 is 2.23 bits per heavy atom. The van der Waals surface area contributed by atoms with Gasteiger partial charge in [0.15, 0.2) is 0 Å². The number of amides is 2. The Hall–Kier alpha value is -1.19. The molecule has 1 unspecified atom stereocenters. The number of esters is 1. The highest BCUT2D eigenvalue weighted by molar-refractivity contribution is 8.77. The van der Waals surface area contributed by atoms with Gasteiger partial charge in [0.1, 0.15) is 0 Å². The molecule has 0 aliphatic rings. The van der Waals surface area contributed by atoms with Crippen molar-refractivity contribution in [3.63, 3.8) is 0 Å². The summed E-state index contributed by atoms with van der Waals surface area (Å²) in [6.07, 6.45) is 1.73. The SMILES string of the molecule is CCOC(=O)/C(C)=C/[C@H](C(C)C)N(C)C(=O)CNC(=O)C(N)C(C)(C)SSC(C)C. The lowest BCUT2D eigenvalue weighted by Gasteiger charge is -2.31. The molecule has 0 aromatic rings. The van der Waals surface area contributed by atoms with Crippen LogP contribution in [0, 0.1) is 5.92 Å². The van der Waals surface area contributed by atoms with Crippen molar-refractivity contribution >= 4 is 39.4 Å². The zero-order valence-corrected chi connectivity index (χ0v) is 21.4. The van der Waals surface area contributed by atoms with Gasteiger partial charge in [-0.15, -0.1) is 0 Å². The van der Waals surface area contributed by atoms with Crippen LogP contribution in [-0.4, -0.2) is 65.0 Å². The third-order valence-electron chi connectivity index (χ3n) is 4.44. The summed E-state index contributed by atoms with van der Waals surface area (Å²) in [5, 5.41) is 3.07. The van der Waals surface area contributed by atoms with Crippen LogP contribution >= 0.6 is 21.6 Å². The van der Waals surface area contributed by atoms with Crippen molar-refractivity contribution in [2.24, 2.45) is 11.7 Å². The molecule has 0 bridgehead atoms. The largest absolute Gasteiger partial charge is 0.463 e. The molecule has 174 valence electrons. The van der Waals surface area contributed by atoms with Crippen molar-refractivity contribution in [1.82, 2.24) is 10.2 Å². The molecule has 0 spiro atoms. The quantitative estimate of drug-likeness (QED) is 0.262. The van der Waals surface area contributed by atoms with E-state index in [1.165, 1.54) is 4.90 Å². The number of hydrogen-bond donors (Lipinski definition) is 2. The first-order valence-electron chi connectivity index (χ1n) is 10.2. The van der Waals surface area contributed by atoms with Gasteiger partial charge in [-0.2, -0.15) is 0 Å². The van der Waals surface area contributed by atoms with Crippen molar-refractivity contribution in [3.8, 4) is 0 Å². The zero-order valence-electron chi connectivity index (χ0n) is 19.8. The molecule has 9 heteroatoms. The summed E-state index contributed by atoms with van der Waals surface area (Å²) in [4.78, 5) is 38.6. The minimum Gasteiger partial charge on any atom is -0.463 e. The van der Waals surface area contributed by atoms with Crippen LogP contribution in [0.1, 0.15) is 55.4 Å². The van der Waals surface area contributed by atoms with Crippen molar-refractivity contribution in [1.29, 1.82) is 0 Å². The number of hydrogen-bond acceptors (Lipinski definition) is 7. The molecular formula is C21H39N3O4S2. The maximum Gasteiger partial charge on any atom is 0.333 e. The Morgan fingerprint density at radius 1 is 1.20 bits per heavy atom. The Labute approximate surface area is 189 Å². The van der Waals surface area contributed by atoms with Gasteiger partial charge in [0.05, 0.1) is 25.2 Å². The summed E-state index contributed by atoms with van der Waals surface area (Å²) in [6, 6.07) is -1.05. The predicted molar refractivity (Wildman–Crippen MR) is 127 cm³/mol. The Balaban J connectivity index is 5.03. The number of nitrogens with zero attached hydrogens (tertiary/aromatic N) is 1. The molecule has 3 N–H and O–H groups in total. The number of carbonyl (C=O) groups is 3. The maximum absolute atomic E-state index is 12.7. The van der Waals surface area contributed by atoms with Crippen LogP contribution in [-0.2, 0) is 19.1 Å². The van der Waals surface area contributed by atoms with Crippen LogP contribution in [0.5, 0.6) is 0 Å². The second-order valence-corrected chi connectivity index (χ2v) is 11.8. The van der Waals surface area contributed by atoms with E-state index < -0.39 is 16.8 Å². The van der Waals surface area contributed by atoms with Crippen LogP contribution in [0.15, 0.2) is 11.6 Å². The second kappa shape index (κ2) is 13.3. The molecular weight excluding hydrogens is 422 g/mol. The third-order valence-corrected chi connectivity index (χ3v) is 8.34. The molecule has 0 radical (unpaired) electrons. The molecule has 30 heavy (non-hydrogen) atoms. The van der Waals surface area contributed by atoms with Crippen LogP contribution < -0.4 is 11.1 Å². The van der Waals surface area contributed by atoms with E-state index in [1.807, 2.05) is 27.7 Å². The van der Waals surface area contributed by atoms with E-state index in [0.717, 1.165) is 0 Å². The van der Waals surface area contributed by atoms with E-state index in [4.69, 9.17) is 10.5 Å². The molecule has 0 fully saturated rings. The standard InChI is InChI=1S/C21H39N3O4S2/c1-10-28-20(27)15(6)11-16(13(2)3)24(9)17(25)12-23-19(26)18(22)21(7,8)30-29-14(4)5/h11,13-14,16,18H,10,12,22H2,1-9H3,(H,23,26)/b15-11+/t16-,18?/m1/s1. The number of nitrogens with two attached hydrogens (primary N) is 1. The van der Waals surface area contributed by atoms with Gasteiger partial charge >= 0.3 is 5.97 Å². The van der Waals surface area contributed by atoms with Crippen LogP contribution in [0.3, 0.4) is 0 Å². The lowest BCUT2D eigenvalue weighted by Crippen LogP contribution is -2.54. The summed E-state index contributed by atoms with van der Waals surface area (Å²) < 4.78 is 4.53. The van der Waals surface area contributed by atoms with E-state index >= 15 is 0 Å². The molecule has 0 aliphatic carbocycles. The van der Waals surface area contributed by atoms with Crippen molar-refractivity contribution in [3.05, 3.63) is 11.6 Å². The molecule has 0 saturated heterocycles. The van der Waals surface area contributed by atoms with Crippen molar-refractivity contribution < 1.29 is 19.1 Å². The summed E-state index contributed by atoms with van der Waals surface area (Å²) in [5.41, 5.74) is 6.59. The molecule has 2 amide bonds. The Bertz CT molecular complexity index is 621. The number of carbonyl (C=O) groups excluding carboxylic acids is 3. The van der Waals surface area contributed by atoms with Gasteiger partial charge in [0.2, 0.25) is 11.8 Å². The van der Waals surface area contributed by atoms with Crippen LogP contribution in [0.4, 0.5) is 0 Å². The van der Waals surface area contributed by atoms with Crippen LogP contribution in [0.2, 0.25) is 0 Å². The van der Waals surface area contributed by atoms with Gasteiger partial charge < -0.3 is 20.7 Å².